The monoisotopic (exact) mass is 391 g/mol. The molecule has 0 radical (unpaired) electrons. The third-order valence-corrected chi connectivity index (χ3v) is 5.39. The van der Waals surface area contributed by atoms with Gasteiger partial charge in [-0.05, 0) is 24.6 Å². The third kappa shape index (κ3) is 5.04. The normalized spacial score (nSPS) is 12.3. The number of hydrogen-bond donors (Lipinski definition) is 1. The van der Waals surface area contributed by atoms with Gasteiger partial charge in [0.15, 0.2) is 9.84 Å². The van der Waals surface area contributed by atoms with Crippen molar-refractivity contribution in [1.82, 2.24) is 4.90 Å². The number of nitrogens with one attached hydrogen (secondary N) is 1. The summed E-state index contributed by atoms with van der Waals surface area (Å²) < 4.78 is 23.2. The van der Waals surface area contributed by atoms with Gasteiger partial charge >= 0.3 is 0 Å². The Balaban J connectivity index is 2.13. The summed E-state index contributed by atoms with van der Waals surface area (Å²) in [5.41, 5.74) is 0.655. The predicted octanol–water partition coefficient (Wildman–Crippen LogP) is 2.63. The van der Waals surface area contributed by atoms with E-state index in [9.17, 15) is 23.3 Å². The fourth-order valence-corrected chi connectivity index (χ4v) is 3.15. The third-order valence-electron chi connectivity index (χ3n) is 4.28. The molecule has 0 spiro atoms. The molecule has 0 unspecified atom stereocenters. The van der Waals surface area contributed by atoms with Crippen molar-refractivity contribution in [3.05, 3.63) is 64.2 Å². The van der Waals surface area contributed by atoms with Gasteiger partial charge in [-0.1, -0.05) is 30.3 Å². The maximum absolute atomic E-state index is 12.4. The molecule has 2 aromatic rings. The fourth-order valence-electron chi connectivity index (χ4n) is 2.51. The zero-order valence-electron chi connectivity index (χ0n) is 15.2. The Morgan fingerprint density at radius 2 is 1.85 bits per heavy atom. The van der Waals surface area contributed by atoms with Crippen LogP contribution in [-0.4, -0.2) is 44.0 Å². The number of rotatable bonds is 7. The number of nitro benzene ring substituents is 1. The quantitative estimate of drug-likeness (QED) is 0.574. The number of carbonyl (C=O) groups excluding carboxylic acids is 1. The molecule has 2 rings (SSSR count). The van der Waals surface area contributed by atoms with E-state index >= 15 is 0 Å². The van der Waals surface area contributed by atoms with Gasteiger partial charge in [-0.3, -0.25) is 14.9 Å². The average Bonchev–Trinajstić information content (AvgIpc) is 2.64. The maximum atomic E-state index is 12.4. The van der Waals surface area contributed by atoms with E-state index in [-0.39, 0.29) is 29.1 Å². The topological polar surface area (TPSA) is 110 Å². The molecule has 9 heteroatoms. The number of hydrogen-bond acceptors (Lipinski definition) is 6. The van der Waals surface area contributed by atoms with Crippen LogP contribution >= 0.6 is 0 Å². The van der Waals surface area contributed by atoms with Crippen LogP contribution < -0.4 is 5.32 Å². The summed E-state index contributed by atoms with van der Waals surface area (Å²) in [5, 5.41) is 14.0. The number of sulfone groups is 1. The van der Waals surface area contributed by atoms with Crippen LogP contribution in [0.5, 0.6) is 0 Å². The number of nitro groups is 1. The molecule has 0 saturated heterocycles. The van der Waals surface area contributed by atoms with E-state index < -0.39 is 20.4 Å². The van der Waals surface area contributed by atoms with Gasteiger partial charge in [-0.25, -0.2) is 8.42 Å². The second-order valence-electron chi connectivity index (χ2n) is 6.15. The van der Waals surface area contributed by atoms with Gasteiger partial charge in [0.05, 0.1) is 22.4 Å². The Morgan fingerprint density at radius 3 is 2.41 bits per heavy atom. The molecule has 0 aliphatic rings. The number of amides is 1. The van der Waals surface area contributed by atoms with Crippen molar-refractivity contribution in [2.24, 2.45) is 0 Å². The maximum Gasteiger partial charge on any atom is 0.293 e. The first-order chi connectivity index (χ1) is 12.6. The van der Waals surface area contributed by atoms with Crippen molar-refractivity contribution in [2.45, 2.75) is 17.9 Å². The smallest absolute Gasteiger partial charge is 0.293 e. The minimum atomic E-state index is -3.57. The number of anilines is 1. The molecule has 0 aliphatic heterocycles. The van der Waals surface area contributed by atoms with Crippen LogP contribution in [0.4, 0.5) is 11.4 Å². The molecule has 144 valence electrons. The first kappa shape index (κ1) is 20.4. The lowest BCUT2D eigenvalue weighted by molar-refractivity contribution is -0.384. The van der Waals surface area contributed by atoms with Gasteiger partial charge < -0.3 is 10.2 Å². The predicted molar refractivity (Wildman–Crippen MR) is 102 cm³/mol. The van der Waals surface area contributed by atoms with Crippen molar-refractivity contribution in [2.75, 3.05) is 25.2 Å². The van der Waals surface area contributed by atoms with Crippen molar-refractivity contribution >= 4 is 27.1 Å². The molecule has 0 saturated carbocycles. The Morgan fingerprint density at radius 1 is 1.22 bits per heavy atom. The highest BCUT2D eigenvalue weighted by atomic mass is 32.2. The molecule has 1 atom stereocenters. The van der Waals surface area contributed by atoms with Crippen LogP contribution in [0.15, 0.2) is 53.4 Å². The molecule has 0 heterocycles. The molecule has 1 amide bonds. The minimum Gasteiger partial charge on any atom is -0.371 e. The summed E-state index contributed by atoms with van der Waals surface area (Å²) in [4.78, 5) is 24.4. The number of benzene rings is 2. The van der Waals surface area contributed by atoms with E-state index in [4.69, 9.17) is 0 Å². The zero-order chi connectivity index (χ0) is 20.2. The van der Waals surface area contributed by atoms with Gasteiger partial charge in [0.2, 0.25) is 5.91 Å². The molecule has 2 aromatic carbocycles. The van der Waals surface area contributed by atoms with Crippen molar-refractivity contribution in [3.63, 3.8) is 0 Å². The van der Waals surface area contributed by atoms with E-state index in [2.05, 4.69) is 5.32 Å². The summed E-state index contributed by atoms with van der Waals surface area (Å²) in [5.74, 6) is -0.257. The fraction of sp³-hybridized carbons (Fsp3) is 0.278. The largest absolute Gasteiger partial charge is 0.371 e. The molecule has 27 heavy (non-hydrogen) atoms. The molecule has 0 aromatic heterocycles. The molecule has 0 bridgehead atoms. The Bertz CT molecular complexity index is 945. The Labute approximate surface area is 157 Å². The summed E-state index contributed by atoms with van der Waals surface area (Å²) >= 11 is 0. The van der Waals surface area contributed by atoms with E-state index in [1.54, 1.807) is 11.9 Å². The number of nitrogens with zero attached hydrogens (tertiary/aromatic N) is 2. The van der Waals surface area contributed by atoms with Crippen LogP contribution in [-0.2, 0) is 14.6 Å². The van der Waals surface area contributed by atoms with Crippen molar-refractivity contribution < 1.29 is 18.1 Å². The summed E-state index contributed by atoms with van der Waals surface area (Å²) in [6.07, 6.45) is 0.975. The SMILES string of the molecule is C[C@H](c1ccccc1)N(C)C(=O)CNc1ccc(S(C)(=O)=O)cc1[N+](=O)[O-]. The highest BCUT2D eigenvalue weighted by Gasteiger charge is 2.21. The Hall–Kier alpha value is -2.94. The van der Waals surface area contributed by atoms with E-state index in [0.717, 1.165) is 17.9 Å². The standard InChI is InChI=1S/C18H21N3O5S/c1-13(14-7-5-4-6-8-14)20(2)18(22)12-19-16-10-9-15(27(3,25)26)11-17(16)21(23)24/h4-11,13,19H,12H2,1-3H3/t13-/m1/s1. The molecule has 8 nitrogen and oxygen atoms in total. The van der Waals surface area contributed by atoms with E-state index in [0.29, 0.717) is 0 Å². The summed E-state index contributed by atoms with van der Waals surface area (Å²) in [6.45, 7) is 1.73. The van der Waals surface area contributed by atoms with Gasteiger partial charge in [0.1, 0.15) is 5.69 Å². The summed E-state index contributed by atoms with van der Waals surface area (Å²) in [7, 11) is -1.91. The van der Waals surface area contributed by atoms with E-state index in [1.165, 1.54) is 12.1 Å². The molecule has 0 fully saturated rings. The number of carbonyl (C=O) groups is 1. The first-order valence-corrected chi connectivity index (χ1v) is 10.0. The van der Waals surface area contributed by atoms with Crippen LogP contribution in [0, 0.1) is 10.1 Å². The van der Waals surface area contributed by atoms with Crippen LogP contribution in [0.2, 0.25) is 0 Å². The van der Waals surface area contributed by atoms with Crippen LogP contribution in [0.1, 0.15) is 18.5 Å². The van der Waals surface area contributed by atoms with Crippen molar-refractivity contribution in [3.8, 4) is 0 Å². The lowest BCUT2D eigenvalue weighted by Crippen LogP contribution is -2.34. The second-order valence-corrected chi connectivity index (χ2v) is 8.17. The van der Waals surface area contributed by atoms with Crippen LogP contribution in [0.25, 0.3) is 0 Å². The van der Waals surface area contributed by atoms with Gasteiger partial charge in [0.25, 0.3) is 5.69 Å². The molecular weight excluding hydrogens is 370 g/mol. The zero-order valence-corrected chi connectivity index (χ0v) is 16.1. The molecular formula is C18H21N3O5S. The highest BCUT2D eigenvalue weighted by molar-refractivity contribution is 7.90. The van der Waals surface area contributed by atoms with E-state index in [1.807, 2.05) is 37.3 Å². The Kier molecular flexibility index (Phi) is 6.17. The second kappa shape index (κ2) is 8.17. The first-order valence-electron chi connectivity index (χ1n) is 8.14. The number of likely N-dealkylation sites (N-methyl/N-ethyl adjacent to an activating group) is 1. The van der Waals surface area contributed by atoms with Gasteiger partial charge in [-0.2, -0.15) is 0 Å². The lowest BCUT2D eigenvalue weighted by atomic mass is 10.1. The molecule has 1 N–H and O–H groups in total. The highest BCUT2D eigenvalue weighted by Crippen LogP contribution is 2.27. The summed E-state index contributed by atoms with van der Waals surface area (Å²) in [6, 6.07) is 12.9. The van der Waals surface area contributed by atoms with Gasteiger partial charge in [0, 0.05) is 19.4 Å². The minimum absolute atomic E-state index is 0.0847. The van der Waals surface area contributed by atoms with Crippen molar-refractivity contribution in [1.29, 1.82) is 0 Å². The molecule has 0 aliphatic carbocycles. The van der Waals surface area contributed by atoms with Crippen LogP contribution in [0.3, 0.4) is 0 Å². The van der Waals surface area contributed by atoms with Gasteiger partial charge in [-0.15, -0.1) is 0 Å². The lowest BCUT2D eigenvalue weighted by Gasteiger charge is -2.25. The average molecular weight is 391 g/mol.